The molecule has 1 aliphatic rings. The predicted octanol–water partition coefficient (Wildman–Crippen LogP) is 2.97. The van der Waals surface area contributed by atoms with E-state index in [9.17, 15) is 0 Å². The fourth-order valence-corrected chi connectivity index (χ4v) is 3.00. The van der Waals surface area contributed by atoms with E-state index < -0.39 is 0 Å². The third-order valence-electron chi connectivity index (χ3n) is 4.11. The SMILES string of the molecule is CCCNC1CCC(c2cncc(OC)c2)C1C. The second-order valence-corrected chi connectivity index (χ2v) is 5.26. The zero-order valence-corrected chi connectivity index (χ0v) is 11.6. The van der Waals surface area contributed by atoms with E-state index in [2.05, 4.69) is 30.2 Å². The Kier molecular flexibility index (Phi) is 4.59. The van der Waals surface area contributed by atoms with Crippen molar-refractivity contribution in [3.63, 3.8) is 0 Å². The van der Waals surface area contributed by atoms with Gasteiger partial charge in [-0.3, -0.25) is 4.98 Å². The Hall–Kier alpha value is -1.09. The van der Waals surface area contributed by atoms with E-state index in [0.29, 0.717) is 17.9 Å². The number of ether oxygens (including phenoxy) is 1. The van der Waals surface area contributed by atoms with Crippen LogP contribution in [0.25, 0.3) is 0 Å². The normalized spacial score (nSPS) is 27.4. The summed E-state index contributed by atoms with van der Waals surface area (Å²) in [6, 6.07) is 2.79. The largest absolute Gasteiger partial charge is 0.495 e. The number of rotatable bonds is 5. The molecule has 3 atom stereocenters. The molecule has 2 rings (SSSR count). The highest BCUT2D eigenvalue weighted by Gasteiger charge is 2.33. The van der Waals surface area contributed by atoms with Gasteiger partial charge in [0, 0.05) is 12.2 Å². The lowest BCUT2D eigenvalue weighted by atomic mass is 9.90. The van der Waals surface area contributed by atoms with Crippen LogP contribution in [0, 0.1) is 5.92 Å². The molecule has 18 heavy (non-hydrogen) atoms. The first-order valence-electron chi connectivity index (χ1n) is 6.98. The average molecular weight is 248 g/mol. The minimum atomic E-state index is 0.613. The molecule has 1 heterocycles. The van der Waals surface area contributed by atoms with Crippen molar-refractivity contribution in [2.45, 2.75) is 45.1 Å². The van der Waals surface area contributed by atoms with Crippen molar-refractivity contribution in [3.8, 4) is 5.75 Å². The van der Waals surface area contributed by atoms with Crippen LogP contribution in [0.4, 0.5) is 0 Å². The van der Waals surface area contributed by atoms with E-state index in [1.165, 1.54) is 24.8 Å². The third kappa shape index (κ3) is 2.83. The fourth-order valence-electron chi connectivity index (χ4n) is 3.00. The molecular weight excluding hydrogens is 224 g/mol. The van der Waals surface area contributed by atoms with Gasteiger partial charge in [-0.05, 0) is 49.3 Å². The number of aromatic nitrogens is 1. The van der Waals surface area contributed by atoms with Gasteiger partial charge in [-0.15, -0.1) is 0 Å². The van der Waals surface area contributed by atoms with Crippen LogP contribution >= 0.6 is 0 Å². The van der Waals surface area contributed by atoms with Gasteiger partial charge in [0.05, 0.1) is 13.3 Å². The van der Waals surface area contributed by atoms with E-state index in [-0.39, 0.29) is 0 Å². The van der Waals surface area contributed by atoms with Gasteiger partial charge in [-0.25, -0.2) is 0 Å². The van der Waals surface area contributed by atoms with Crippen molar-refractivity contribution in [2.75, 3.05) is 13.7 Å². The molecule has 0 saturated heterocycles. The molecular formula is C15H24N2O. The highest BCUT2D eigenvalue weighted by Crippen LogP contribution is 2.40. The van der Waals surface area contributed by atoms with E-state index in [0.717, 1.165) is 12.3 Å². The van der Waals surface area contributed by atoms with Gasteiger partial charge >= 0.3 is 0 Å². The molecule has 0 radical (unpaired) electrons. The lowest BCUT2D eigenvalue weighted by Gasteiger charge is -2.22. The number of nitrogens with zero attached hydrogens (tertiary/aromatic N) is 1. The second kappa shape index (κ2) is 6.19. The molecule has 1 fully saturated rings. The quantitative estimate of drug-likeness (QED) is 0.870. The van der Waals surface area contributed by atoms with Gasteiger partial charge in [-0.1, -0.05) is 13.8 Å². The van der Waals surface area contributed by atoms with Crippen LogP contribution in [0.1, 0.15) is 44.6 Å². The van der Waals surface area contributed by atoms with Gasteiger partial charge in [0.1, 0.15) is 5.75 Å². The summed E-state index contributed by atoms with van der Waals surface area (Å²) in [5.74, 6) is 2.15. The Bertz CT molecular complexity index is 381. The topological polar surface area (TPSA) is 34.2 Å². The Labute approximate surface area is 110 Å². The number of methoxy groups -OCH3 is 1. The maximum absolute atomic E-state index is 5.26. The fraction of sp³-hybridized carbons (Fsp3) is 0.667. The van der Waals surface area contributed by atoms with Crippen LogP contribution in [0.3, 0.4) is 0 Å². The minimum absolute atomic E-state index is 0.613. The van der Waals surface area contributed by atoms with Gasteiger partial charge < -0.3 is 10.1 Å². The minimum Gasteiger partial charge on any atom is -0.495 e. The first kappa shape index (κ1) is 13.3. The van der Waals surface area contributed by atoms with Crippen molar-refractivity contribution in [3.05, 3.63) is 24.0 Å². The maximum Gasteiger partial charge on any atom is 0.137 e. The van der Waals surface area contributed by atoms with Crippen molar-refractivity contribution >= 4 is 0 Å². The molecule has 100 valence electrons. The van der Waals surface area contributed by atoms with Gasteiger partial charge in [0.15, 0.2) is 0 Å². The zero-order valence-electron chi connectivity index (χ0n) is 11.6. The molecule has 1 aromatic heterocycles. The molecule has 3 nitrogen and oxygen atoms in total. The summed E-state index contributed by atoms with van der Waals surface area (Å²) in [5, 5.41) is 3.66. The van der Waals surface area contributed by atoms with Crippen LogP contribution in [0.2, 0.25) is 0 Å². The van der Waals surface area contributed by atoms with Crippen molar-refractivity contribution in [1.82, 2.24) is 10.3 Å². The maximum atomic E-state index is 5.26. The standard InChI is InChI=1S/C15H24N2O/c1-4-7-17-15-6-5-14(11(15)2)12-8-13(18-3)10-16-9-12/h8-11,14-15,17H,4-7H2,1-3H3. The van der Waals surface area contributed by atoms with Crippen molar-refractivity contribution < 1.29 is 4.74 Å². The molecule has 0 amide bonds. The average Bonchev–Trinajstić information content (AvgIpc) is 2.78. The lowest BCUT2D eigenvalue weighted by Crippen LogP contribution is -2.32. The number of hydrogen-bond donors (Lipinski definition) is 1. The second-order valence-electron chi connectivity index (χ2n) is 5.26. The third-order valence-corrected chi connectivity index (χ3v) is 4.11. The molecule has 3 unspecified atom stereocenters. The van der Waals surface area contributed by atoms with Crippen LogP contribution in [0.15, 0.2) is 18.5 Å². The van der Waals surface area contributed by atoms with E-state index in [1.807, 2.05) is 6.20 Å². The molecule has 1 N–H and O–H groups in total. The molecule has 1 aromatic rings. The lowest BCUT2D eigenvalue weighted by molar-refractivity contribution is 0.398. The smallest absolute Gasteiger partial charge is 0.137 e. The molecule has 3 heteroatoms. The molecule has 1 aliphatic carbocycles. The summed E-state index contributed by atoms with van der Waals surface area (Å²) in [7, 11) is 1.70. The first-order valence-corrected chi connectivity index (χ1v) is 6.98. The van der Waals surface area contributed by atoms with Crippen LogP contribution in [-0.2, 0) is 0 Å². The summed E-state index contributed by atoms with van der Waals surface area (Å²) in [4.78, 5) is 4.28. The Morgan fingerprint density at radius 1 is 1.39 bits per heavy atom. The summed E-state index contributed by atoms with van der Waals surface area (Å²) in [6.07, 6.45) is 7.48. The summed E-state index contributed by atoms with van der Waals surface area (Å²) >= 11 is 0. The predicted molar refractivity (Wildman–Crippen MR) is 74.0 cm³/mol. The van der Waals surface area contributed by atoms with E-state index in [1.54, 1.807) is 13.3 Å². The molecule has 0 aliphatic heterocycles. The molecule has 0 spiro atoms. The Morgan fingerprint density at radius 3 is 2.94 bits per heavy atom. The highest BCUT2D eigenvalue weighted by molar-refractivity contribution is 5.27. The monoisotopic (exact) mass is 248 g/mol. The van der Waals surface area contributed by atoms with Crippen LogP contribution in [-0.4, -0.2) is 24.7 Å². The van der Waals surface area contributed by atoms with Crippen molar-refractivity contribution in [1.29, 1.82) is 0 Å². The Balaban J connectivity index is 2.05. The zero-order chi connectivity index (χ0) is 13.0. The number of pyridine rings is 1. The summed E-state index contributed by atoms with van der Waals surface area (Å²) in [6.45, 7) is 5.69. The molecule has 0 aromatic carbocycles. The van der Waals surface area contributed by atoms with Crippen LogP contribution in [0.5, 0.6) is 5.75 Å². The van der Waals surface area contributed by atoms with E-state index >= 15 is 0 Å². The van der Waals surface area contributed by atoms with Gasteiger partial charge in [0.2, 0.25) is 0 Å². The number of hydrogen-bond acceptors (Lipinski definition) is 3. The number of nitrogens with one attached hydrogen (secondary N) is 1. The molecule has 1 saturated carbocycles. The van der Waals surface area contributed by atoms with Gasteiger partial charge in [-0.2, -0.15) is 0 Å². The molecule has 0 bridgehead atoms. The summed E-state index contributed by atoms with van der Waals surface area (Å²) < 4.78 is 5.26. The summed E-state index contributed by atoms with van der Waals surface area (Å²) in [5.41, 5.74) is 1.32. The van der Waals surface area contributed by atoms with E-state index in [4.69, 9.17) is 4.74 Å². The first-order chi connectivity index (χ1) is 8.76. The van der Waals surface area contributed by atoms with Crippen molar-refractivity contribution in [2.24, 2.45) is 5.92 Å². The Morgan fingerprint density at radius 2 is 2.22 bits per heavy atom. The van der Waals surface area contributed by atoms with Gasteiger partial charge in [0.25, 0.3) is 0 Å². The van der Waals surface area contributed by atoms with Crippen LogP contribution < -0.4 is 10.1 Å². The highest BCUT2D eigenvalue weighted by atomic mass is 16.5.